The topological polar surface area (TPSA) is 91.6 Å². The molecule has 1 aliphatic rings. The number of amides is 1. The Morgan fingerprint density at radius 1 is 1.21 bits per heavy atom. The van der Waals surface area contributed by atoms with Gasteiger partial charge in [0.25, 0.3) is 0 Å². The van der Waals surface area contributed by atoms with Gasteiger partial charge in [-0.2, -0.15) is 5.10 Å². The van der Waals surface area contributed by atoms with Crippen LogP contribution in [0.2, 0.25) is 0 Å². The summed E-state index contributed by atoms with van der Waals surface area (Å²) in [5, 5.41) is 12.5. The summed E-state index contributed by atoms with van der Waals surface area (Å²) >= 11 is 0. The Bertz CT molecular complexity index is 426. The van der Waals surface area contributed by atoms with E-state index in [9.17, 15) is 9.59 Å². The van der Waals surface area contributed by atoms with Crippen LogP contribution < -0.4 is 0 Å². The molecule has 2 rings (SSSR count). The van der Waals surface area contributed by atoms with Crippen molar-refractivity contribution in [3.05, 3.63) is 12.7 Å². The zero-order valence-corrected chi connectivity index (χ0v) is 10.6. The summed E-state index contributed by atoms with van der Waals surface area (Å²) in [6, 6.07) is 0. The lowest BCUT2D eigenvalue weighted by molar-refractivity contribution is -0.138. The molecule has 2 heterocycles. The molecule has 0 aromatic carbocycles. The number of rotatable bonds is 5. The molecular weight excluding hydrogens is 250 g/mol. The minimum atomic E-state index is -0.787. The molecule has 8 nitrogen and oxygen atoms in total. The summed E-state index contributed by atoms with van der Waals surface area (Å²) in [6.45, 7) is 3.45. The lowest BCUT2D eigenvalue weighted by atomic mass is 10.3. The van der Waals surface area contributed by atoms with E-state index in [1.54, 1.807) is 4.90 Å². The van der Waals surface area contributed by atoms with Crippen molar-refractivity contribution < 1.29 is 14.7 Å². The van der Waals surface area contributed by atoms with Gasteiger partial charge < -0.3 is 10.0 Å². The second kappa shape index (κ2) is 6.28. The van der Waals surface area contributed by atoms with Crippen LogP contribution in [0.5, 0.6) is 0 Å². The van der Waals surface area contributed by atoms with Gasteiger partial charge in [-0.05, 0) is 0 Å². The summed E-state index contributed by atoms with van der Waals surface area (Å²) < 4.78 is 1.50. The molecule has 1 aliphatic heterocycles. The Morgan fingerprint density at radius 2 is 1.95 bits per heavy atom. The first kappa shape index (κ1) is 13.5. The Labute approximate surface area is 110 Å². The molecule has 0 saturated carbocycles. The van der Waals surface area contributed by atoms with E-state index < -0.39 is 5.97 Å². The van der Waals surface area contributed by atoms with E-state index in [0.29, 0.717) is 19.6 Å². The van der Waals surface area contributed by atoms with Crippen LogP contribution >= 0.6 is 0 Å². The van der Waals surface area contributed by atoms with Crippen LogP contribution in [-0.2, 0) is 16.1 Å². The van der Waals surface area contributed by atoms with Crippen molar-refractivity contribution in [1.29, 1.82) is 0 Å². The molecule has 0 bridgehead atoms. The molecule has 0 spiro atoms. The van der Waals surface area contributed by atoms with E-state index in [2.05, 4.69) is 15.0 Å². The highest BCUT2D eigenvalue weighted by molar-refractivity contribution is 5.76. The molecule has 8 heteroatoms. The zero-order chi connectivity index (χ0) is 13.7. The van der Waals surface area contributed by atoms with Gasteiger partial charge in [-0.25, -0.2) is 9.67 Å². The first-order valence-corrected chi connectivity index (χ1v) is 6.19. The lowest BCUT2D eigenvalue weighted by Gasteiger charge is -2.34. The van der Waals surface area contributed by atoms with Crippen molar-refractivity contribution in [1.82, 2.24) is 24.6 Å². The average Bonchev–Trinajstić information content (AvgIpc) is 2.89. The smallest absolute Gasteiger partial charge is 0.304 e. The molecule has 19 heavy (non-hydrogen) atoms. The number of hydrogen-bond donors (Lipinski definition) is 1. The van der Waals surface area contributed by atoms with Crippen LogP contribution in [0.3, 0.4) is 0 Å². The van der Waals surface area contributed by atoms with Gasteiger partial charge in [-0.15, -0.1) is 0 Å². The Balaban J connectivity index is 1.73. The largest absolute Gasteiger partial charge is 0.481 e. The van der Waals surface area contributed by atoms with Gasteiger partial charge in [0.2, 0.25) is 5.91 Å². The van der Waals surface area contributed by atoms with Crippen molar-refractivity contribution >= 4 is 11.9 Å². The summed E-state index contributed by atoms with van der Waals surface area (Å²) in [4.78, 5) is 30.1. The van der Waals surface area contributed by atoms with E-state index >= 15 is 0 Å². The normalized spacial score (nSPS) is 16.5. The van der Waals surface area contributed by atoms with Crippen molar-refractivity contribution in [2.75, 3.05) is 32.7 Å². The van der Waals surface area contributed by atoms with Crippen molar-refractivity contribution in [2.45, 2.75) is 13.0 Å². The molecule has 1 aromatic rings. The summed E-state index contributed by atoms with van der Waals surface area (Å²) in [7, 11) is 0. The summed E-state index contributed by atoms with van der Waals surface area (Å²) in [5.41, 5.74) is 0. The van der Waals surface area contributed by atoms with E-state index in [0.717, 1.165) is 13.1 Å². The number of aromatic nitrogens is 3. The maximum absolute atomic E-state index is 12.0. The molecule has 1 fully saturated rings. The molecular formula is C11H17N5O3. The van der Waals surface area contributed by atoms with Gasteiger partial charge in [0.15, 0.2) is 0 Å². The van der Waals surface area contributed by atoms with Crippen LogP contribution in [0.15, 0.2) is 12.7 Å². The molecule has 0 atom stereocenters. The van der Waals surface area contributed by atoms with E-state index in [4.69, 9.17) is 5.11 Å². The Morgan fingerprint density at radius 3 is 2.53 bits per heavy atom. The molecule has 1 aromatic heterocycles. The third kappa shape index (κ3) is 4.02. The third-order valence-electron chi connectivity index (χ3n) is 3.13. The van der Waals surface area contributed by atoms with Gasteiger partial charge in [0.1, 0.15) is 19.2 Å². The van der Waals surface area contributed by atoms with Crippen LogP contribution in [0.1, 0.15) is 6.42 Å². The van der Waals surface area contributed by atoms with Crippen molar-refractivity contribution in [3.63, 3.8) is 0 Å². The van der Waals surface area contributed by atoms with Gasteiger partial charge in [-0.3, -0.25) is 14.5 Å². The Hall–Kier alpha value is -1.96. The quantitative estimate of drug-likeness (QED) is 0.728. The number of piperazine rings is 1. The second-order valence-electron chi connectivity index (χ2n) is 4.46. The van der Waals surface area contributed by atoms with Gasteiger partial charge in [-0.1, -0.05) is 0 Å². The van der Waals surface area contributed by atoms with Crippen LogP contribution in [-0.4, -0.2) is 74.3 Å². The number of carboxylic acid groups (broad SMARTS) is 1. The van der Waals surface area contributed by atoms with Crippen LogP contribution in [0, 0.1) is 0 Å². The predicted molar refractivity (Wildman–Crippen MR) is 65.3 cm³/mol. The van der Waals surface area contributed by atoms with E-state index in [-0.39, 0.29) is 18.9 Å². The zero-order valence-electron chi connectivity index (χ0n) is 10.6. The minimum absolute atomic E-state index is 0.0170. The average molecular weight is 267 g/mol. The lowest BCUT2D eigenvalue weighted by Crippen LogP contribution is -2.49. The van der Waals surface area contributed by atoms with Crippen LogP contribution in [0.4, 0.5) is 0 Å². The number of carbonyl (C=O) groups excluding carboxylic acids is 1. The summed E-state index contributed by atoms with van der Waals surface area (Å²) in [6.07, 6.45) is 3.06. The molecule has 0 aliphatic carbocycles. The molecule has 1 saturated heterocycles. The number of carboxylic acids is 1. The van der Waals surface area contributed by atoms with Gasteiger partial charge >= 0.3 is 5.97 Å². The minimum Gasteiger partial charge on any atom is -0.481 e. The maximum atomic E-state index is 12.0. The number of carbonyl (C=O) groups is 2. The fraction of sp³-hybridized carbons (Fsp3) is 0.636. The fourth-order valence-corrected chi connectivity index (χ4v) is 2.03. The molecule has 0 radical (unpaired) electrons. The van der Waals surface area contributed by atoms with Gasteiger partial charge in [0.05, 0.1) is 6.42 Å². The van der Waals surface area contributed by atoms with Gasteiger partial charge in [0, 0.05) is 32.7 Å². The number of aliphatic carboxylic acids is 1. The molecule has 1 N–H and O–H groups in total. The highest BCUT2D eigenvalue weighted by Crippen LogP contribution is 2.03. The predicted octanol–water partition coefficient (Wildman–Crippen LogP) is -1.10. The van der Waals surface area contributed by atoms with Crippen LogP contribution in [0.25, 0.3) is 0 Å². The first-order valence-electron chi connectivity index (χ1n) is 6.19. The second-order valence-corrected chi connectivity index (χ2v) is 4.46. The SMILES string of the molecule is O=C(O)CCN1CCN(C(=O)Cn2cncn2)CC1. The number of nitrogens with zero attached hydrogens (tertiary/aromatic N) is 5. The fourth-order valence-electron chi connectivity index (χ4n) is 2.03. The number of hydrogen-bond acceptors (Lipinski definition) is 5. The Kier molecular flexibility index (Phi) is 4.45. The first-order chi connectivity index (χ1) is 9.15. The molecule has 104 valence electrons. The van der Waals surface area contributed by atoms with E-state index in [1.807, 2.05) is 0 Å². The highest BCUT2D eigenvalue weighted by Gasteiger charge is 2.21. The van der Waals surface area contributed by atoms with E-state index in [1.165, 1.54) is 17.3 Å². The monoisotopic (exact) mass is 267 g/mol. The maximum Gasteiger partial charge on any atom is 0.304 e. The standard InChI is InChI=1S/C11H17N5O3/c17-10(7-16-9-12-8-13-16)15-5-3-14(4-6-15)2-1-11(18)19/h8-9H,1-7H2,(H,18,19). The van der Waals surface area contributed by atoms with Crippen molar-refractivity contribution in [3.8, 4) is 0 Å². The summed E-state index contributed by atoms with van der Waals surface area (Å²) in [5.74, 6) is -0.770. The van der Waals surface area contributed by atoms with Crippen molar-refractivity contribution in [2.24, 2.45) is 0 Å². The highest BCUT2D eigenvalue weighted by atomic mass is 16.4. The molecule has 0 unspecified atom stereocenters. The third-order valence-corrected chi connectivity index (χ3v) is 3.13. The molecule has 1 amide bonds.